The van der Waals surface area contributed by atoms with Crippen molar-refractivity contribution >= 4 is 0 Å². The molecule has 1 saturated carbocycles. The third kappa shape index (κ3) is 3.39. The van der Waals surface area contributed by atoms with Crippen molar-refractivity contribution in [2.45, 2.75) is 43.7 Å². The van der Waals surface area contributed by atoms with Crippen LogP contribution in [0.5, 0.6) is 5.75 Å². The molecule has 1 aromatic carbocycles. The fraction of sp³-hybridized carbons (Fsp3) is 0.684. The van der Waals surface area contributed by atoms with Crippen molar-refractivity contribution < 1.29 is 9.47 Å². The largest absolute Gasteiger partial charge is 0.493 e. The summed E-state index contributed by atoms with van der Waals surface area (Å²) in [6.45, 7) is 4.65. The lowest BCUT2D eigenvalue weighted by Crippen LogP contribution is -2.51. The topological polar surface area (TPSA) is 42.5 Å². The third-order valence-corrected chi connectivity index (χ3v) is 5.75. The Balaban J connectivity index is 1.37. The van der Waals surface area contributed by atoms with Gasteiger partial charge in [0.25, 0.3) is 0 Å². The minimum atomic E-state index is 0.533. The van der Waals surface area contributed by atoms with Gasteiger partial charge in [0.1, 0.15) is 5.75 Å². The summed E-state index contributed by atoms with van der Waals surface area (Å²) >= 11 is 0. The van der Waals surface area contributed by atoms with Crippen molar-refractivity contribution in [3.8, 4) is 5.75 Å². The predicted molar refractivity (Wildman–Crippen MR) is 91.0 cm³/mol. The summed E-state index contributed by atoms with van der Waals surface area (Å²) in [5, 5.41) is 7.55. The molecule has 2 heterocycles. The van der Waals surface area contributed by atoms with Crippen LogP contribution >= 0.6 is 0 Å². The molecule has 0 aromatic heterocycles. The van der Waals surface area contributed by atoms with E-state index in [1.165, 1.54) is 24.8 Å². The Kier molecular flexibility index (Phi) is 4.83. The average molecular weight is 316 g/mol. The van der Waals surface area contributed by atoms with Gasteiger partial charge in [-0.1, -0.05) is 24.6 Å². The van der Waals surface area contributed by atoms with Crippen LogP contribution in [-0.2, 0) is 4.74 Å². The molecule has 23 heavy (non-hydrogen) atoms. The van der Waals surface area contributed by atoms with Crippen molar-refractivity contribution in [2.75, 3.05) is 32.9 Å². The first-order chi connectivity index (χ1) is 11.4. The van der Waals surface area contributed by atoms with Crippen molar-refractivity contribution in [1.82, 2.24) is 10.6 Å². The predicted octanol–water partition coefficient (Wildman–Crippen LogP) is 2.30. The summed E-state index contributed by atoms with van der Waals surface area (Å²) in [6, 6.07) is 9.68. The lowest BCUT2D eigenvalue weighted by molar-refractivity contribution is 0.0523. The van der Waals surface area contributed by atoms with Crippen LogP contribution in [0.3, 0.4) is 0 Å². The first kappa shape index (κ1) is 15.4. The van der Waals surface area contributed by atoms with Gasteiger partial charge in [-0.2, -0.15) is 0 Å². The Hall–Kier alpha value is -1.10. The van der Waals surface area contributed by atoms with Crippen LogP contribution in [0.4, 0.5) is 0 Å². The molecule has 126 valence electrons. The summed E-state index contributed by atoms with van der Waals surface area (Å²) in [5.41, 5.74) is 1.37. The molecule has 1 aromatic rings. The van der Waals surface area contributed by atoms with Gasteiger partial charge in [-0.25, -0.2) is 0 Å². The number of rotatable bonds is 4. The Morgan fingerprint density at radius 1 is 1.13 bits per heavy atom. The molecule has 1 aliphatic carbocycles. The SMILES string of the molecule is c1ccc2c(c1)OCCC2CNC1CCCC1C1COCCN1. The van der Waals surface area contributed by atoms with Crippen LogP contribution in [0.15, 0.2) is 24.3 Å². The molecule has 0 amide bonds. The van der Waals surface area contributed by atoms with E-state index in [1.54, 1.807) is 0 Å². The van der Waals surface area contributed by atoms with E-state index in [0.717, 1.165) is 45.1 Å². The zero-order chi connectivity index (χ0) is 15.5. The maximum Gasteiger partial charge on any atom is 0.122 e. The minimum Gasteiger partial charge on any atom is -0.493 e. The second kappa shape index (κ2) is 7.20. The second-order valence-corrected chi connectivity index (χ2v) is 7.12. The van der Waals surface area contributed by atoms with Crippen molar-refractivity contribution in [2.24, 2.45) is 5.92 Å². The van der Waals surface area contributed by atoms with Crippen molar-refractivity contribution in [3.63, 3.8) is 0 Å². The number of ether oxygens (including phenoxy) is 2. The smallest absolute Gasteiger partial charge is 0.122 e. The number of benzene rings is 1. The highest BCUT2D eigenvalue weighted by atomic mass is 16.5. The fourth-order valence-electron chi connectivity index (χ4n) is 4.51. The zero-order valence-corrected chi connectivity index (χ0v) is 13.8. The van der Waals surface area contributed by atoms with E-state index in [1.807, 2.05) is 0 Å². The summed E-state index contributed by atoms with van der Waals surface area (Å²) in [5.74, 6) is 2.37. The third-order valence-electron chi connectivity index (χ3n) is 5.75. The molecule has 4 atom stereocenters. The summed E-state index contributed by atoms with van der Waals surface area (Å²) in [4.78, 5) is 0. The quantitative estimate of drug-likeness (QED) is 0.894. The number of fused-ring (bicyclic) bond motifs is 1. The molecule has 4 heteroatoms. The number of morpholine rings is 1. The van der Waals surface area contributed by atoms with E-state index in [2.05, 4.69) is 34.9 Å². The lowest BCUT2D eigenvalue weighted by atomic mass is 9.90. The zero-order valence-electron chi connectivity index (χ0n) is 13.8. The van der Waals surface area contributed by atoms with Gasteiger partial charge >= 0.3 is 0 Å². The number of hydrogen-bond donors (Lipinski definition) is 2. The maximum absolute atomic E-state index is 5.79. The molecule has 0 radical (unpaired) electrons. The van der Waals surface area contributed by atoms with Crippen LogP contribution in [0.2, 0.25) is 0 Å². The molecule has 2 N–H and O–H groups in total. The standard InChI is InChI=1S/C19H28N2O2/c1-2-7-19-15(4-1)14(8-10-23-19)12-21-17-6-3-5-16(17)18-13-22-11-9-20-18/h1-2,4,7,14,16-18,20-21H,3,5-6,8-13H2. The van der Waals surface area contributed by atoms with Gasteiger partial charge < -0.3 is 20.1 Å². The molecule has 4 nitrogen and oxygen atoms in total. The molecule has 2 aliphatic heterocycles. The molecule has 4 unspecified atom stereocenters. The summed E-state index contributed by atoms with van der Waals surface area (Å²) in [7, 11) is 0. The van der Waals surface area contributed by atoms with E-state index in [4.69, 9.17) is 9.47 Å². The van der Waals surface area contributed by atoms with Crippen LogP contribution < -0.4 is 15.4 Å². The van der Waals surface area contributed by atoms with E-state index in [0.29, 0.717) is 23.9 Å². The highest BCUT2D eigenvalue weighted by Gasteiger charge is 2.35. The van der Waals surface area contributed by atoms with Gasteiger partial charge in [0, 0.05) is 31.1 Å². The number of nitrogens with one attached hydrogen (secondary N) is 2. The monoisotopic (exact) mass is 316 g/mol. The molecular weight excluding hydrogens is 288 g/mol. The normalized spacial score (nSPS) is 33.9. The van der Waals surface area contributed by atoms with Crippen LogP contribution in [-0.4, -0.2) is 45.0 Å². The van der Waals surface area contributed by atoms with Gasteiger partial charge in [0.05, 0.1) is 19.8 Å². The fourth-order valence-corrected chi connectivity index (χ4v) is 4.51. The van der Waals surface area contributed by atoms with Gasteiger partial charge in [0.2, 0.25) is 0 Å². The van der Waals surface area contributed by atoms with Crippen molar-refractivity contribution in [1.29, 1.82) is 0 Å². The molecule has 3 aliphatic rings. The Labute approximate surface area is 138 Å². The van der Waals surface area contributed by atoms with Gasteiger partial charge in [0.15, 0.2) is 0 Å². The second-order valence-electron chi connectivity index (χ2n) is 7.12. The Bertz CT molecular complexity index is 516. The lowest BCUT2D eigenvalue weighted by Gasteiger charge is -2.34. The van der Waals surface area contributed by atoms with Gasteiger partial charge in [-0.05, 0) is 36.8 Å². The van der Waals surface area contributed by atoms with Crippen molar-refractivity contribution in [3.05, 3.63) is 29.8 Å². The highest BCUT2D eigenvalue weighted by molar-refractivity contribution is 5.37. The van der Waals surface area contributed by atoms with Gasteiger partial charge in [-0.3, -0.25) is 0 Å². The Morgan fingerprint density at radius 3 is 3.00 bits per heavy atom. The van der Waals surface area contributed by atoms with Gasteiger partial charge in [-0.15, -0.1) is 0 Å². The van der Waals surface area contributed by atoms with Crippen LogP contribution in [0, 0.1) is 5.92 Å². The van der Waals surface area contributed by atoms with E-state index < -0.39 is 0 Å². The molecular formula is C19H28N2O2. The van der Waals surface area contributed by atoms with E-state index >= 15 is 0 Å². The highest BCUT2D eigenvalue weighted by Crippen LogP contribution is 2.34. The molecule has 0 bridgehead atoms. The number of hydrogen-bond acceptors (Lipinski definition) is 4. The van der Waals surface area contributed by atoms with E-state index in [9.17, 15) is 0 Å². The first-order valence-corrected chi connectivity index (χ1v) is 9.18. The molecule has 2 fully saturated rings. The minimum absolute atomic E-state index is 0.533. The molecule has 4 rings (SSSR count). The first-order valence-electron chi connectivity index (χ1n) is 9.18. The summed E-state index contributed by atoms with van der Waals surface area (Å²) in [6.07, 6.45) is 5.08. The molecule has 0 spiro atoms. The number of para-hydroxylation sites is 1. The average Bonchev–Trinajstić information content (AvgIpc) is 3.09. The Morgan fingerprint density at radius 2 is 2.09 bits per heavy atom. The van der Waals surface area contributed by atoms with E-state index in [-0.39, 0.29) is 0 Å². The maximum atomic E-state index is 5.79. The van der Waals surface area contributed by atoms with Crippen LogP contribution in [0.1, 0.15) is 37.2 Å². The van der Waals surface area contributed by atoms with Crippen LogP contribution in [0.25, 0.3) is 0 Å². The summed E-state index contributed by atoms with van der Waals surface area (Å²) < 4.78 is 11.5. The molecule has 1 saturated heterocycles.